The molecule has 0 fully saturated rings. The van der Waals surface area contributed by atoms with E-state index in [1.165, 1.54) is 6.20 Å². The molecule has 0 aromatic heterocycles. The van der Waals surface area contributed by atoms with Crippen LogP contribution in [-0.4, -0.2) is 49.6 Å². The van der Waals surface area contributed by atoms with Crippen molar-refractivity contribution in [1.29, 1.82) is 5.26 Å². The largest absolute Gasteiger partial charge is 0.508 e. The molecule has 0 heterocycles. The lowest BCUT2D eigenvalue weighted by Crippen LogP contribution is -2.28. The van der Waals surface area contributed by atoms with Crippen LogP contribution in [0.3, 0.4) is 0 Å². The van der Waals surface area contributed by atoms with E-state index < -0.39 is 0 Å². The van der Waals surface area contributed by atoms with Crippen molar-refractivity contribution in [2.75, 3.05) is 33.7 Å². The highest BCUT2D eigenvalue weighted by atomic mass is 16.3. The maximum absolute atomic E-state index is 11.9. The van der Waals surface area contributed by atoms with Gasteiger partial charge in [-0.2, -0.15) is 5.26 Å². The molecule has 0 radical (unpaired) electrons. The second-order valence-electron chi connectivity index (χ2n) is 5.45. The molecule has 23 heavy (non-hydrogen) atoms. The molecule has 0 aliphatic heterocycles. The highest BCUT2D eigenvalue weighted by Crippen LogP contribution is 2.09. The fraction of sp³-hybridized carbons (Fsp3) is 0.412. The fourth-order valence-corrected chi connectivity index (χ4v) is 1.90. The Hall–Kier alpha value is -2.52. The molecule has 0 aliphatic rings. The van der Waals surface area contributed by atoms with Gasteiger partial charge in [-0.15, -0.1) is 0 Å². The summed E-state index contributed by atoms with van der Waals surface area (Å²) >= 11 is 0. The standard InChI is InChI=1S/C17H24N4O2/c1-21(2)11-3-9-19-13-15(12-18)17(23)20-10-8-14-4-6-16(22)7-5-14/h4-7,13,19,22H,3,8-11H2,1-2H3,(H,20,23)/b15-13-. The van der Waals surface area contributed by atoms with Crippen LogP contribution in [-0.2, 0) is 11.2 Å². The van der Waals surface area contributed by atoms with Crippen LogP contribution in [0.15, 0.2) is 36.0 Å². The van der Waals surface area contributed by atoms with E-state index >= 15 is 0 Å². The number of rotatable bonds is 9. The molecule has 0 saturated heterocycles. The van der Waals surface area contributed by atoms with Gasteiger partial charge in [0.2, 0.25) is 0 Å². The molecule has 1 aromatic rings. The van der Waals surface area contributed by atoms with Gasteiger partial charge in [0.25, 0.3) is 5.91 Å². The number of nitrogens with zero attached hydrogens (tertiary/aromatic N) is 2. The summed E-state index contributed by atoms with van der Waals surface area (Å²) in [5.74, 6) is -0.167. The van der Waals surface area contributed by atoms with Crippen molar-refractivity contribution in [2.24, 2.45) is 0 Å². The first-order valence-corrected chi connectivity index (χ1v) is 7.57. The Morgan fingerprint density at radius 1 is 1.30 bits per heavy atom. The molecule has 6 heteroatoms. The van der Waals surface area contributed by atoms with Crippen molar-refractivity contribution >= 4 is 5.91 Å². The molecular formula is C17H24N4O2. The predicted molar refractivity (Wildman–Crippen MR) is 89.7 cm³/mol. The number of benzene rings is 1. The molecule has 0 unspecified atom stereocenters. The van der Waals surface area contributed by atoms with Crippen LogP contribution in [0.2, 0.25) is 0 Å². The van der Waals surface area contributed by atoms with Gasteiger partial charge < -0.3 is 20.6 Å². The Bertz CT molecular complexity index is 559. The Labute approximate surface area is 137 Å². The van der Waals surface area contributed by atoms with Crippen molar-refractivity contribution in [3.63, 3.8) is 0 Å². The third kappa shape index (κ3) is 7.88. The van der Waals surface area contributed by atoms with Gasteiger partial charge in [-0.25, -0.2) is 0 Å². The summed E-state index contributed by atoms with van der Waals surface area (Å²) in [5, 5.41) is 23.9. The Kier molecular flexibility index (Phi) is 8.25. The Balaban J connectivity index is 2.32. The second kappa shape index (κ2) is 10.2. The number of hydrogen-bond donors (Lipinski definition) is 3. The first kappa shape index (κ1) is 18.5. The summed E-state index contributed by atoms with van der Waals surface area (Å²) in [6, 6.07) is 8.71. The van der Waals surface area contributed by atoms with Crippen molar-refractivity contribution in [1.82, 2.24) is 15.5 Å². The first-order chi connectivity index (χ1) is 11.0. The minimum absolute atomic E-state index is 0.0700. The molecule has 1 amide bonds. The van der Waals surface area contributed by atoms with E-state index in [1.807, 2.05) is 20.2 Å². The molecule has 1 rings (SSSR count). The third-order valence-electron chi connectivity index (χ3n) is 3.17. The van der Waals surface area contributed by atoms with Crippen LogP contribution in [0.25, 0.3) is 0 Å². The SMILES string of the molecule is CN(C)CCCN/C=C(/C#N)C(=O)NCCc1ccc(O)cc1. The van der Waals surface area contributed by atoms with Gasteiger partial charge in [-0.3, -0.25) is 4.79 Å². The van der Waals surface area contributed by atoms with Gasteiger partial charge in [-0.05, 0) is 51.2 Å². The molecule has 1 aromatic carbocycles. The number of phenols is 1. The predicted octanol–water partition coefficient (Wildman–Crippen LogP) is 1.000. The number of carbonyl (C=O) groups is 1. The highest BCUT2D eigenvalue weighted by Gasteiger charge is 2.07. The van der Waals surface area contributed by atoms with E-state index in [4.69, 9.17) is 5.26 Å². The van der Waals surface area contributed by atoms with E-state index in [9.17, 15) is 9.90 Å². The van der Waals surface area contributed by atoms with Crippen LogP contribution < -0.4 is 10.6 Å². The van der Waals surface area contributed by atoms with Crippen LogP contribution in [0.5, 0.6) is 5.75 Å². The summed E-state index contributed by atoms with van der Waals surface area (Å²) in [5.41, 5.74) is 1.08. The number of aromatic hydroxyl groups is 1. The number of carbonyl (C=O) groups excluding carboxylic acids is 1. The summed E-state index contributed by atoms with van der Waals surface area (Å²) in [6.07, 6.45) is 3.04. The Morgan fingerprint density at radius 3 is 2.61 bits per heavy atom. The summed E-state index contributed by atoms with van der Waals surface area (Å²) < 4.78 is 0. The van der Waals surface area contributed by atoms with Crippen molar-refractivity contribution in [2.45, 2.75) is 12.8 Å². The van der Waals surface area contributed by atoms with E-state index in [0.29, 0.717) is 19.5 Å². The van der Waals surface area contributed by atoms with Gasteiger partial charge in [0, 0.05) is 19.3 Å². The zero-order valence-electron chi connectivity index (χ0n) is 13.7. The van der Waals surface area contributed by atoms with Crippen LogP contribution >= 0.6 is 0 Å². The molecule has 6 nitrogen and oxygen atoms in total. The van der Waals surface area contributed by atoms with E-state index in [-0.39, 0.29) is 17.2 Å². The zero-order chi connectivity index (χ0) is 17.1. The number of nitrogens with one attached hydrogen (secondary N) is 2. The summed E-state index contributed by atoms with van der Waals surface area (Å²) in [6.45, 7) is 2.09. The van der Waals surface area contributed by atoms with Gasteiger partial charge in [-0.1, -0.05) is 12.1 Å². The van der Waals surface area contributed by atoms with Gasteiger partial charge in [0.05, 0.1) is 0 Å². The number of nitriles is 1. The minimum atomic E-state index is -0.383. The fourth-order valence-electron chi connectivity index (χ4n) is 1.90. The number of phenolic OH excluding ortho intramolecular Hbond substituents is 1. The molecule has 0 spiro atoms. The maximum Gasteiger partial charge on any atom is 0.263 e. The van der Waals surface area contributed by atoms with E-state index in [1.54, 1.807) is 24.3 Å². The van der Waals surface area contributed by atoms with Crippen LogP contribution in [0, 0.1) is 11.3 Å². The molecule has 0 aliphatic carbocycles. The van der Waals surface area contributed by atoms with E-state index in [0.717, 1.165) is 18.5 Å². The smallest absolute Gasteiger partial charge is 0.263 e. The quantitative estimate of drug-likeness (QED) is 0.359. The average molecular weight is 316 g/mol. The van der Waals surface area contributed by atoms with Crippen molar-refractivity contribution in [3.8, 4) is 11.8 Å². The highest BCUT2D eigenvalue weighted by molar-refractivity contribution is 5.97. The number of amides is 1. The monoisotopic (exact) mass is 316 g/mol. The summed E-state index contributed by atoms with van der Waals surface area (Å²) in [4.78, 5) is 14.0. The maximum atomic E-state index is 11.9. The second-order valence-corrected chi connectivity index (χ2v) is 5.45. The number of hydrogen-bond acceptors (Lipinski definition) is 5. The minimum Gasteiger partial charge on any atom is -0.508 e. The normalized spacial score (nSPS) is 11.1. The average Bonchev–Trinajstić information content (AvgIpc) is 2.52. The van der Waals surface area contributed by atoms with Crippen molar-refractivity contribution < 1.29 is 9.90 Å². The lowest BCUT2D eigenvalue weighted by atomic mass is 10.1. The molecular weight excluding hydrogens is 292 g/mol. The third-order valence-corrected chi connectivity index (χ3v) is 3.17. The summed E-state index contributed by atoms with van der Waals surface area (Å²) in [7, 11) is 4.00. The van der Waals surface area contributed by atoms with Crippen LogP contribution in [0.1, 0.15) is 12.0 Å². The topological polar surface area (TPSA) is 88.4 Å². The molecule has 0 bridgehead atoms. The lowest BCUT2D eigenvalue weighted by Gasteiger charge is -2.09. The van der Waals surface area contributed by atoms with Crippen LogP contribution in [0.4, 0.5) is 0 Å². The van der Waals surface area contributed by atoms with Gasteiger partial charge in [0.1, 0.15) is 17.4 Å². The Morgan fingerprint density at radius 2 is 2.00 bits per heavy atom. The molecule has 0 saturated carbocycles. The van der Waals surface area contributed by atoms with Crippen molar-refractivity contribution in [3.05, 3.63) is 41.6 Å². The lowest BCUT2D eigenvalue weighted by molar-refractivity contribution is -0.117. The first-order valence-electron chi connectivity index (χ1n) is 7.57. The van der Waals surface area contributed by atoms with Gasteiger partial charge in [0.15, 0.2) is 0 Å². The van der Waals surface area contributed by atoms with E-state index in [2.05, 4.69) is 15.5 Å². The molecule has 3 N–H and O–H groups in total. The van der Waals surface area contributed by atoms with Gasteiger partial charge >= 0.3 is 0 Å². The molecule has 0 atom stereocenters. The zero-order valence-corrected chi connectivity index (χ0v) is 13.7. The molecule has 124 valence electrons.